The van der Waals surface area contributed by atoms with Crippen LogP contribution < -0.4 is 10.3 Å². The largest absolute Gasteiger partial charge is 0.422 e. The Hall–Kier alpha value is -3.48. The number of carbonyl (C=O) groups is 1. The van der Waals surface area contributed by atoms with Gasteiger partial charge >= 0.3 is 5.97 Å². The van der Waals surface area contributed by atoms with Crippen molar-refractivity contribution >= 4 is 11.7 Å². The number of hydrogen-bond acceptors (Lipinski definition) is 6. The molecule has 0 bridgehead atoms. The standard InChI is InChI=1S/C18H17N5O2/c1-13-14(2)23(21-19-13)22-20-17(15-9-5-3-6-10-15)18(24)25-16-11-7-4-8-12-16/h3-12,22H,1-2H3/b20-17-. The summed E-state index contributed by atoms with van der Waals surface area (Å²) in [6, 6.07) is 17.9. The third-order valence-electron chi connectivity index (χ3n) is 3.58. The number of carbonyl (C=O) groups excluding carboxylic acids is 1. The lowest BCUT2D eigenvalue weighted by molar-refractivity contribution is -0.126. The van der Waals surface area contributed by atoms with E-state index in [0.29, 0.717) is 11.3 Å². The van der Waals surface area contributed by atoms with E-state index in [1.54, 1.807) is 36.4 Å². The van der Waals surface area contributed by atoms with Crippen LogP contribution in [0.25, 0.3) is 0 Å². The summed E-state index contributed by atoms with van der Waals surface area (Å²) >= 11 is 0. The van der Waals surface area contributed by atoms with Crippen molar-refractivity contribution in [2.24, 2.45) is 5.10 Å². The Bertz CT molecular complexity index is 888. The van der Waals surface area contributed by atoms with E-state index in [4.69, 9.17) is 4.74 Å². The van der Waals surface area contributed by atoms with Crippen molar-refractivity contribution in [3.8, 4) is 5.75 Å². The zero-order chi connectivity index (χ0) is 17.6. The summed E-state index contributed by atoms with van der Waals surface area (Å²) in [5.74, 6) is -0.122. The molecule has 2 aromatic carbocycles. The quantitative estimate of drug-likeness (QED) is 0.335. The fourth-order valence-corrected chi connectivity index (χ4v) is 2.06. The average molecular weight is 335 g/mol. The minimum atomic E-state index is -0.570. The maximum absolute atomic E-state index is 12.6. The van der Waals surface area contributed by atoms with Crippen molar-refractivity contribution in [1.29, 1.82) is 0 Å². The molecule has 0 amide bonds. The molecule has 3 aromatic rings. The first-order chi connectivity index (χ1) is 12.1. The third-order valence-corrected chi connectivity index (χ3v) is 3.58. The number of aryl methyl sites for hydroxylation is 1. The van der Waals surface area contributed by atoms with Gasteiger partial charge in [0.05, 0.1) is 11.4 Å². The van der Waals surface area contributed by atoms with Gasteiger partial charge in [0.1, 0.15) is 5.75 Å². The Morgan fingerprint density at radius 3 is 2.28 bits per heavy atom. The molecular weight excluding hydrogens is 318 g/mol. The molecule has 1 N–H and O–H groups in total. The molecule has 7 heteroatoms. The minimum absolute atomic E-state index is 0.136. The number of nitrogens with zero attached hydrogens (tertiary/aromatic N) is 4. The number of hydrogen-bond donors (Lipinski definition) is 1. The van der Waals surface area contributed by atoms with Crippen molar-refractivity contribution in [3.05, 3.63) is 77.6 Å². The number of benzene rings is 2. The van der Waals surface area contributed by atoms with Crippen LogP contribution in [0.4, 0.5) is 0 Å². The summed E-state index contributed by atoms with van der Waals surface area (Å²) < 4.78 is 5.40. The van der Waals surface area contributed by atoms with E-state index in [2.05, 4.69) is 20.9 Å². The highest BCUT2D eigenvalue weighted by molar-refractivity contribution is 6.43. The molecule has 25 heavy (non-hydrogen) atoms. The van der Waals surface area contributed by atoms with Crippen LogP contribution in [0.1, 0.15) is 17.0 Å². The molecule has 1 heterocycles. The van der Waals surface area contributed by atoms with Crippen LogP contribution >= 0.6 is 0 Å². The highest BCUT2D eigenvalue weighted by atomic mass is 16.5. The summed E-state index contributed by atoms with van der Waals surface area (Å²) in [7, 11) is 0. The fraction of sp³-hybridized carbons (Fsp3) is 0.111. The van der Waals surface area contributed by atoms with Crippen LogP contribution in [0.5, 0.6) is 5.75 Å². The SMILES string of the molecule is Cc1nnn(N/N=C(\C(=O)Oc2ccccc2)c2ccccc2)c1C. The Labute approximate surface area is 144 Å². The molecule has 0 saturated heterocycles. The number of rotatable bonds is 5. The van der Waals surface area contributed by atoms with Crippen molar-refractivity contribution in [3.63, 3.8) is 0 Å². The lowest BCUT2D eigenvalue weighted by atomic mass is 10.1. The summed E-state index contributed by atoms with van der Waals surface area (Å²) in [6.45, 7) is 3.69. The Balaban J connectivity index is 1.88. The van der Waals surface area contributed by atoms with Crippen molar-refractivity contribution in [2.75, 3.05) is 5.53 Å². The normalized spacial score (nSPS) is 11.2. The zero-order valence-corrected chi connectivity index (χ0v) is 13.9. The topological polar surface area (TPSA) is 81.4 Å². The molecule has 0 unspecified atom stereocenters. The molecular formula is C18H17N5O2. The first-order valence-corrected chi connectivity index (χ1v) is 7.70. The van der Waals surface area contributed by atoms with Gasteiger partial charge in [-0.25, -0.2) is 4.79 Å². The second-order valence-electron chi connectivity index (χ2n) is 5.30. The number of nitrogens with one attached hydrogen (secondary N) is 1. The van der Waals surface area contributed by atoms with E-state index in [1.165, 1.54) is 4.79 Å². The lowest BCUT2D eigenvalue weighted by Gasteiger charge is -2.08. The Kier molecular flexibility index (Phi) is 4.84. The van der Waals surface area contributed by atoms with Crippen molar-refractivity contribution in [2.45, 2.75) is 13.8 Å². The van der Waals surface area contributed by atoms with E-state index >= 15 is 0 Å². The van der Waals surface area contributed by atoms with Crippen molar-refractivity contribution < 1.29 is 9.53 Å². The Morgan fingerprint density at radius 2 is 1.68 bits per heavy atom. The molecule has 0 aliphatic carbocycles. The van der Waals surface area contributed by atoms with Gasteiger partial charge in [0, 0.05) is 5.56 Å². The van der Waals surface area contributed by atoms with Gasteiger partial charge in [-0.2, -0.15) is 10.6 Å². The first-order valence-electron chi connectivity index (χ1n) is 7.70. The molecule has 7 nitrogen and oxygen atoms in total. The lowest BCUT2D eigenvalue weighted by Crippen LogP contribution is -2.25. The molecule has 1 aromatic heterocycles. The van der Waals surface area contributed by atoms with Gasteiger partial charge in [0.15, 0.2) is 5.71 Å². The molecule has 0 spiro atoms. The van der Waals surface area contributed by atoms with Crippen LogP contribution in [0.3, 0.4) is 0 Å². The fourth-order valence-electron chi connectivity index (χ4n) is 2.06. The summed E-state index contributed by atoms with van der Waals surface area (Å²) in [4.78, 5) is 14.0. The monoisotopic (exact) mass is 335 g/mol. The zero-order valence-electron chi connectivity index (χ0n) is 13.9. The highest BCUT2D eigenvalue weighted by Gasteiger charge is 2.17. The first kappa shape index (κ1) is 16.4. The molecule has 0 saturated carbocycles. The molecule has 0 fully saturated rings. The van der Waals surface area contributed by atoms with Gasteiger partial charge in [-0.3, -0.25) is 0 Å². The van der Waals surface area contributed by atoms with Crippen LogP contribution in [0.2, 0.25) is 0 Å². The summed E-state index contributed by atoms with van der Waals surface area (Å²) in [6.07, 6.45) is 0. The van der Waals surface area contributed by atoms with E-state index in [1.807, 2.05) is 38.1 Å². The molecule has 0 aliphatic heterocycles. The third kappa shape index (κ3) is 3.89. The van der Waals surface area contributed by atoms with E-state index < -0.39 is 5.97 Å². The highest BCUT2D eigenvalue weighted by Crippen LogP contribution is 2.11. The van der Waals surface area contributed by atoms with Crippen molar-refractivity contribution in [1.82, 2.24) is 15.1 Å². The molecule has 3 rings (SSSR count). The van der Waals surface area contributed by atoms with E-state index in [0.717, 1.165) is 11.4 Å². The van der Waals surface area contributed by atoms with Crippen LogP contribution in [-0.4, -0.2) is 26.8 Å². The predicted octanol–water partition coefficient (Wildman–Crippen LogP) is 2.45. The maximum Gasteiger partial charge on any atom is 0.364 e. The second-order valence-corrected chi connectivity index (χ2v) is 5.30. The average Bonchev–Trinajstić information content (AvgIpc) is 2.96. The molecule has 126 valence electrons. The molecule has 0 radical (unpaired) electrons. The second kappa shape index (κ2) is 7.39. The number of aromatic nitrogens is 3. The van der Waals surface area contributed by atoms with Gasteiger partial charge in [-0.1, -0.05) is 48.5 Å². The van der Waals surface area contributed by atoms with Gasteiger partial charge in [-0.05, 0) is 31.2 Å². The molecule has 0 aliphatic rings. The van der Waals surface area contributed by atoms with Crippen LogP contribution in [-0.2, 0) is 4.79 Å². The number of hydrazone groups is 1. The van der Waals surface area contributed by atoms with Gasteiger partial charge in [0.25, 0.3) is 0 Å². The minimum Gasteiger partial charge on any atom is -0.422 e. The van der Waals surface area contributed by atoms with Gasteiger partial charge < -0.3 is 4.74 Å². The number of ether oxygens (including phenoxy) is 1. The predicted molar refractivity (Wildman–Crippen MR) is 93.9 cm³/mol. The van der Waals surface area contributed by atoms with Crippen LogP contribution in [0, 0.1) is 13.8 Å². The van der Waals surface area contributed by atoms with E-state index in [9.17, 15) is 4.79 Å². The maximum atomic E-state index is 12.6. The summed E-state index contributed by atoms with van der Waals surface area (Å²) in [5, 5.41) is 12.1. The van der Waals surface area contributed by atoms with Gasteiger partial charge in [-0.15, -0.1) is 9.89 Å². The van der Waals surface area contributed by atoms with E-state index in [-0.39, 0.29) is 5.71 Å². The summed E-state index contributed by atoms with van der Waals surface area (Å²) in [5.41, 5.74) is 5.07. The Morgan fingerprint density at radius 1 is 1.04 bits per heavy atom. The van der Waals surface area contributed by atoms with Crippen LogP contribution in [0.15, 0.2) is 65.8 Å². The number of para-hydroxylation sites is 1. The molecule has 0 atom stereocenters. The van der Waals surface area contributed by atoms with Gasteiger partial charge in [0.2, 0.25) is 0 Å². The smallest absolute Gasteiger partial charge is 0.364 e. The number of esters is 1.